The minimum absolute atomic E-state index is 0.0428. The van der Waals surface area contributed by atoms with Crippen LogP contribution in [0.25, 0.3) is 0 Å². The molecule has 0 bridgehead atoms. The number of esters is 1. The molecule has 0 radical (unpaired) electrons. The molecule has 0 spiro atoms. The van der Waals surface area contributed by atoms with Gasteiger partial charge in [0.05, 0.1) is 11.4 Å². The van der Waals surface area contributed by atoms with Crippen LogP contribution in [0, 0.1) is 0 Å². The molecule has 26 heavy (non-hydrogen) atoms. The van der Waals surface area contributed by atoms with E-state index in [1.54, 1.807) is 24.5 Å². The summed E-state index contributed by atoms with van der Waals surface area (Å²) in [5.74, 6) is -0.245. The third kappa shape index (κ3) is 7.34. The zero-order valence-electron chi connectivity index (χ0n) is 14.8. The van der Waals surface area contributed by atoms with E-state index >= 15 is 0 Å². The molecule has 3 N–H and O–H groups in total. The summed E-state index contributed by atoms with van der Waals surface area (Å²) in [4.78, 5) is 27.5. The highest BCUT2D eigenvalue weighted by molar-refractivity contribution is 5.93. The van der Waals surface area contributed by atoms with E-state index in [0.29, 0.717) is 24.2 Å². The van der Waals surface area contributed by atoms with Crippen LogP contribution in [0.15, 0.2) is 48.8 Å². The topological polar surface area (TPSA) is 94.3 Å². The lowest BCUT2D eigenvalue weighted by Crippen LogP contribution is -2.12. The van der Waals surface area contributed by atoms with Crippen LogP contribution < -0.4 is 11.1 Å². The smallest absolute Gasteiger partial charge is 0.306 e. The largest absolute Gasteiger partial charge is 0.461 e. The maximum absolute atomic E-state index is 11.9. The Morgan fingerprint density at radius 2 is 1.77 bits per heavy atom. The molecule has 0 fully saturated rings. The number of para-hydroxylation sites is 2. The zero-order valence-corrected chi connectivity index (χ0v) is 14.8. The molecule has 138 valence electrons. The Hall–Kier alpha value is -2.89. The van der Waals surface area contributed by atoms with Gasteiger partial charge in [0.1, 0.15) is 6.61 Å². The number of nitrogen functional groups attached to an aromatic ring is 1. The van der Waals surface area contributed by atoms with Crippen molar-refractivity contribution < 1.29 is 14.3 Å². The van der Waals surface area contributed by atoms with Crippen molar-refractivity contribution in [1.29, 1.82) is 0 Å². The van der Waals surface area contributed by atoms with Gasteiger partial charge in [0.25, 0.3) is 0 Å². The van der Waals surface area contributed by atoms with E-state index in [-0.39, 0.29) is 18.5 Å². The molecule has 1 amide bonds. The van der Waals surface area contributed by atoms with E-state index in [0.717, 1.165) is 31.2 Å². The number of rotatable bonds is 10. The van der Waals surface area contributed by atoms with Crippen LogP contribution in [-0.4, -0.2) is 16.9 Å². The molecule has 0 aliphatic heterocycles. The summed E-state index contributed by atoms with van der Waals surface area (Å²) in [5.41, 5.74) is 7.88. The fraction of sp³-hybridized carbons (Fsp3) is 0.350. The predicted molar refractivity (Wildman–Crippen MR) is 101 cm³/mol. The van der Waals surface area contributed by atoms with Gasteiger partial charge in [-0.3, -0.25) is 14.6 Å². The second kappa shape index (κ2) is 10.9. The van der Waals surface area contributed by atoms with Crippen LogP contribution in [0.5, 0.6) is 0 Å². The van der Waals surface area contributed by atoms with Gasteiger partial charge in [-0.15, -0.1) is 0 Å². The molecule has 2 aromatic rings. The average Bonchev–Trinajstić information content (AvgIpc) is 2.65. The van der Waals surface area contributed by atoms with Crippen molar-refractivity contribution in [2.24, 2.45) is 0 Å². The number of ether oxygens (including phenoxy) is 1. The van der Waals surface area contributed by atoms with Gasteiger partial charge < -0.3 is 15.8 Å². The molecule has 1 heterocycles. The molecule has 0 saturated carbocycles. The Kier molecular flexibility index (Phi) is 8.12. The highest BCUT2D eigenvalue weighted by Crippen LogP contribution is 2.17. The summed E-state index contributed by atoms with van der Waals surface area (Å²) in [7, 11) is 0. The number of hydrogen-bond acceptors (Lipinski definition) is 5. The molecule has 0 saturated heterocycles. The summed E-state index contributed by atoms with van der Waals surface area (Å²) < 4.78 is 5.20. The minimum Gasteiger partial charge on any atom is -0.461 e. The molecule has 2 rings (SSSR count). The lowest BCUT2D eigenvalue weighted by atomic mass is 10.1. The third-order valence-electron chi connectivity index (χ3n) is 3.89. The van der Waals surface area contributed by atoms with E-state index < -0.39 is 0 Å². The second-order valence-corrected chi connectivity index (χ2v) is 6.07. The van der Waals surface area contributed by atoms with E-state index in [1.807, 2.05) is 24.3 Å². The Morgan fingerprint density at radius 3 is 2.50 bits per heavy atom. The number of amides is 1. The van der Waals surface area contributed by atoms with Gasteiger partial charge in [-0.05, 0) is 31.0 Å². The number of pyridine rings is 1. The van der Waals surface area contributed by atoms with Crippen molar-refractivity contribution in [3.05, 3.63) is 54.4 Å². The highest BCUT2D eigenvalue weighted by atomic mass is 16.5. The van der Waals surface area contributed by atoms with Crippen LogP contribution in [0.1, 0.15) is 44.1 Å². The summed E-state index contributed by atoms with van der Waals surface area (Å²) in [6.45, 7) is 0.259. The molecular weight excluding hydrogens is 330 g/mol. The summed E-state index contributed by atoms with van der Waals surface area (Å²) in [6.07, 6.45) is 7.54. The Morgan fingerprint density at radius 1 is 1.00 bits per heavy atom. The summed E-state index contributed by atoms with van der Waals surface area (Å²) in [6, 6.07) is 10.9. The lowest BCUT2D eigenvalue weighted by Gasteiger charge is -2.07. The fourth-order valence-electron chi connectivity index (χ4n) is 2.45. The van der Waals surface area contributed by atoms with Crippen LogP contribution in [0.2, 0.25) is 0 Å². The summed E-state index contributed by atoms with van der Waals surface area (Å²) >= 11 is 0. The van der Waals surface area contributed by atoms with Gasteiger partial charge in [0.2, 0.25) is 5.91 Å². The Labute approximate surface area is 153 Å². The standard InChI is InChI=1S/C20H25N3O3/c21-17-9-5-6-10-18(17)23-19(24)11-3-1-2-4-12-20(25)26-15-16-8-7-13-22-14-16/h5-10,13-14H,1-4,11-12,15,21H2,(H,23,24). The molecule has 1 aromatic heterocycles. The molecule has 0 aliphatic carbocycles. The van der Waals surface area contributed by atoms with Gasteiger partial charge in [0, 0.05) is 30.8 Å². The summed E-state index contributed by atoms with van der Waals surface area (Å²) in [5, 5.41) is 2.81. The van der Waals surface area contributed by atoms with Crippen LogP contribution >= 0.6 is 0 Å². The van der Waals surface area contributed by atoms with Gasteiger partial charge in [-0.1, -0.05) is 31.0 Å². The Balaban J connectivity index is 1.50. The monoisotopic (exact) mass is 355 g/mol. The Bertz CT molecular complexity index is 704. The molecule has 6 heteroatoms. The van der Waals surface area contributed by atoms with Crippen molar-refractivity contribution in [2.45, 2.75) is 45.1 Å². The number of nitrogens with zero attached hydrogens (tertiary/aromatic N) is 1. The quantitative estimate of drug-likeness (QED) is 0.385. The van der Waals surface area contributed by atoms with Crippen molar-refractivity contribution in [3.63, 3.8) is 0 Å². The van der Waals surface area contributed by atoms with Gasteiger partial charge in [0.15, 0.2) is 0 Å². The maximum atomic E-state index is 11.9. The lowest BCUT2D eigenvalue weighted by molar-refractivity contribution is -0.145. The number of carbonyl (C=O) groups is 2. The second-order valence-electron chi connectivity index (χ2n) is 6.07. The molecule has 0 aliphatic rings. The normalized spacial score (nSPS) is 10.3. The first-order valence-electron chi connectivity index (χ1n) is 8.84. The van der Waals surface area contributed by atoms with Gasteiger partial charge >= 0.3 is 5.97 Å². The SMILES string of the molecule is Nc1ccccc1NC(=O)CCCCCCC(=O)OCc1cccnc1. The van der Waals surface area contributed by atoms with Crippen LogP contribution in [0.3, 0.4) is 0 Å². The van der Waals surface area contributed by atoms with E-state index in [9.17, 15) is 9.59 Å². The average molecular weight is 355 g/mol. The van der Waals surface area contributed by atoms with Gasteiger partial charge in [-0.2, -0.15) is 0 Å². The first kappa shape index (κ1) is 19.4. The number of anilines is 2. The highest BCUT2D eigenvalue weighted by Gasteiger charge is 2.06. The van der Waals surface area contributed by atoms with E-state index in [4.69, 9.17) is 10.5 Å². The van der Waals surface area contributed by atoms with Crippen molar-refractivity contribution in [2.75, 3.05) is 11.1 Å². The molecule has 0 unspecified atom stereocenters. The molecule has 6 nitrogen and oxygen atoms in total. The van der Waals surface area contributed by atoms with E-state index in [2.05, 4.69) is 10.3 Å². The molecule has 1 aromatic carbocycles. The molecule has 0 atom stereocenters. The first-order chi connectivity index (χ1) is 12.6. The van der Waals surface area contributed by atoms with Crippen molar-refractivity contribution in [1.82, 2.24) is 4.98 Å². The van der Waals surface area contributed by atoms with Crippen molar-refractivity contribution in [3.8, 4) is 0 Å². The van der Waals surface area contributed by atoms with Crippen molar-refractivity contribution >= 4 is 23.3 Å². The number of carbonyl (C=O) groups excluding carboxylic acids is 2. The number of nitrogens with two attached hydrogens (primary N) is 1. The number of nitrogens with one attached hydrogen (secondary N) is 1. The van der Waals surface area contributed by atoms with E-state index in [1.165, 1.54) is 0 Å². The first-order valence-corrected chi connectivity index (χ1v) is 8.84. The third-order valence-corrected chi connectivity index (χ3v) is 3.89. The maximum Gasteiger partial charge on any atom is 0.306 e. The van der Waals surface area contributed by atoms with Crippen LogP contribution in [-0.2, 0) is 20.9 Å². The number of benzene rings is 1. The minimum atomic E-state index is -0.203. The zero-order chi connectivity index (χ0) is 18.6. The fourth-order valence-corrected chi connectivity index (χ4v) is 2.45. The molecular formula is C20H25N3O3. The number of unbranched alkanes of at least 4 members (excludes halogenated alkanes) is 3. The van der Waals surface area contributed by atoms with Gasteiger partial charge in [-0.25, -0.2) is 0 Å². The number of hydrogen-bond donors (Lipinski definition) is 2. The predicted octanol–water partition coefficient (Wildman–Crippen LogP) is 3.69. The number of aromatic nitrogens is 1. The van der Waals surface area contributed by atoms with Crippen LogP contribution in [0.4, 0.5) is 11.4 Å².